The summed E-state index contributed by atoms with van der Waals surface area (Å²) in [7, 11) is 0. The number of aromatic nitrogens is 1. The molecule has 2 nitrogen and oxygen atoms in total. The number of H-pyrrole nitrogens is 1. The fourth-order valence-corrected chi connectivity index (χ4v) is 1.94. The van der Waals surface area contributed by atoms with E-state index in [1.807, 2.05) is 50.4 Å². The van der Waals surface area contributed by atoms with Gasteiger partial charge in [-0.15, -0.1) is 0 Å². The Morgan fingerprint density at radius 1 is 0.895 bits per heavy atom. The Morgan fingerprint density at radius 3 is 2.26 bits per heavy atom. The minimum atomic E-state index is 0. The van der Waals surface area contributed by atoms with Gasteiger partial charge in [-0.2, -0.15) is 0 Å². The van der Waals surface area contributed by atoms with Gasteiger partial charge < -0.3 is 12.4 Å². The molecule has 1 heterocycles. The standard InChI is InChI=1S/C13H9NO.C2H6.CH3.Y/c15-11-5-1-3-9-6-7-10-4-2-8-14-13(10)12(9)11;1-2;;/h1-8,14H;1-2H3;1H3;/q;;-1;. The Balaban J connectivity index is 0.000000776. The van der Waals surface area contributed by atoms with Gasteiger partial charge >= 0.3 is 0 Å². The van der Waals surface area contributed by atoms with Crippen LogP contribution in [0.25, 0.3) is 21.7 Å². The van der Waals surface area contributed by atoms with Crippen molar-refractivity contribution >= 4 is 21.7 Å². The molecule has 0 amide bonds. The van der Waals surface area contributed by atoms with Gasteiger partial charge in [-0.25, -0.2) is 0 Å². The van der Waals surface area contributed by atoms with Gasteiger partial charge in [-0.05, 0) is 22.9 Å². The molecule has 0 aliphatic carbocycles. The van der Waals surface area contributed by atoms with Crippen molar-refractivity contribution in [1.29, 1.82) is 0 Å². The molecule has 2 aromatic carbocycles. The fraction of sp³-hybridized carbons (Fsp3) is 0.125. The zero-order valence-corrected chi connectivity index (χ0v) is 14.4. The monoisotopic (exact) mass is 329 g/mol. The third-order valence-electron chi connectivity index (χ3n) is 2.64. The van der Waals surface area contributed by atoms with E-state index in [1.165, 1.54) is 0 Å². The van der Waals surface area contributed by atoms with E-state index in [1.54, 1.807) is 12.1 Å². The number of hydrogen-bond acceptors (Lipinski definition) is 1. The molecule has 97 valence electrons. The van der Waals surface area contributed by atoms with Crippen LogP contribution in [0, 0.1) is 7.43 Å². The minimum absolute atomic E-state index is 0. The molecule has 0 spiro atoms. The number of hydrogen-bond donors (Lipinski definition) is 1. The van der Waals surface area contributed by atoms with Crippen molar-refractivity contribution in [3.8, 4) is 0 Å². The van der Waals surface area contributed by atoms with Crippen molar-refractivity contribution in [3.63, 3.8) is 0 Å². The molecule has 0 fully saturated rings. The number of fused-ring (bicyclic) bond motifs is 3. The normalized spacial score (nSPS) is 8.95. The van der Waals surface area contributed by atoms with Gasteiger partial charge in [-0.1, -0.05) is 44.2 Å². The van der Waals surface area contributed by atoms with Crippen molar-refractivity contribution < 1.29 is 32.7 Å². The predicted molar refractivity (Wildman–Crippen MR) is 79.8 cm³/mol. The molecule has 0 aliphatic heterocycles. The van der Waals surface area contributed by atoms with Crippen LogP contribution >= 0.6 is 0 Å². The number of nitrogens with one attached hydrogen (secondary N) is 1. The summed E-state index contributed by atoms with van der Waals surface area (Å²) >= 11 is 0. The van der Waals surface area contributed by atoms with Crippen molar-refractivity contribution in [2.75, 3.05) is 0 Å². The Hall–Kier alpha value is -0.986. The zero-order chi connectivity index (χ0) is 12.3. The van der Waals surface area contributed by atoms with E-state index in [9.17, 15) is 4.79 Å². The minimum Gasteiger partial charge on any atom is -0.361 e. The van der Waals surface area contributed by atoms with Crippen LogP contribution < -0.4 is 5.43 Å². The average Bonchev–Trinajstić information content (AvgIpc) is 2.41. The molecule has 19 heavy (non-hydrogen) atoms. The van der Waals surface area contributed by atoms with Crippen LogP contribution in [0.2, 0.25) is 0 Å². The van der Waals surface area contributed by atoms with E-state index in [0.717, 1.165) is 21.7 Å². The predicted octanol–water partition coefficient (Wildman–Crippen LogP) is 4.16. The van der Waals surface area contributed by atoms with Gasteiger partial charge in [0.15, 0.2) is 5.43 Å². The van der Waals surface area contributed by atoms with Gasteiger partial charge in [0.25, 0.3) is 0 Å². The van der Waals surface area contributed by atoms with Crippen LogP contribution in [-0.4, -0.2) is 4.98 Å². The second-order valence-electron chi connectivity index (χ2n) is 3.55. The number of benzene rings is 2. The second kappa shape index (κ2) is 8.24. The SMILES string of the molecule is CC.O=c1cccc2ccc3ccc[nH]c3c12.[CH3-].[Y]. The molecule has 0 bridgehead atoms. The quantitative estimate of drug-likeness (QED) is 0.488. The summed E-state index contributed by atoms with van der Waals surface area (Å²) in [6, 6.07) is 13.3. The molecule has 3 rings (SSSR count). The molecule has 1 aromatic heterocycles. The maximum absolute atomic E-state index is 11.8. The molecule has 0 saturated carbocycles. The Labute approximate surface area is 139 Å². The van der Waals surface area contributed by atoms with Gasteiger partial charge in [0.05, 0.1) is 10.9 Å². The fourth-order valence-electron chi connectivity index (χ4n) is 1.94. The van der Waals surface area contributed by atoms with E-state index in [2.05, 4.69) is 4.98 Å². The van der Waals surface area contributed by atoms with Gasteiger partial charge in [0.1, 0.15) is 0 Å². The van der Waals surface area contributed by atoms with Crippen LogP contribution in [0.1, 0.15) is 13.8 Å². The van der Waals surface area contributed by atoms with Crippen molar-refractivity contribution in [2.24, 2.45) is 0 Å². The van der Waals surface area contributed by atoms with Crippen LogP contribution in [0.4, 0.5) is 0 Å². The summed E-state index contributed by atoms with van der Waals surface area (Å²) in [5.74, 6) is 0. The number of rotatable bonds is 0. The molecule has 0 unspecified atom stereocenters. The summed E-state index contributed by atoms with van der Waals surface area (Å²) < 4.78 is 0. The summed E-state index contributed by atoms with van der Waals surface area (Å²) in [5, 5.41) is 2.82. The van der Waals surface area contributed by atoms with Gasteiger partial charge in [0.2, 0.25) is 0 Å². The van der Waals surface area contributed by atoms with E-state index >= 15 is 0 Å². The number of aromatic amines is 1. The smallest absolute Gasteiger partial charge is 0.188 e. The molecule has 0 saturated heterocycles. The second-order valence-corrected chi connectivity index (χ2v) is 3.55. The van der Waals surface area contributed by atoms with Crippen molar-refractivity contribution in [1.82, 2.24) is 4.98 Å². The first-order valence-corrected chi connectivity index (χ1v) is 5.85. The topological polar surface area (TPSA) is 32.9 Å². The van der Waals surface area contributed by atoms with E-state index in [4.69, 9.17) is 0 Å². The molecular weight excluding hydrogens is 311 g/mol. The molecule has 0 atom stereocenters. The molecule has 1 radical (unpaired) electrons. The van der Waals surface area contributed by atoms with Crippen LogP contribution in [0.15, 0.2) is 53.5 Å². The summed E-state index contributed by atoms with van der Waals surface area (Å²) in [6.07, 6.45) is 1.84. The Kier molecular flexibility index (Phi) is 7.81. The third-order valence-corrected chi connectivity index (χ3v) is 2.64. The zero-order valence-electron chi connectivity index (χ0n) is 11.6. The van der Waals surface area contributed by atoms with Crippen molar-refractivity contribution in [3.05, 3.63) is 66.3 Å². The summed E-state index contributed by atoms with van der Waals surface area (Å²) in [5.41, 5.74) is 0.987. The summed E-state index contributed by atoms with van der Waals surface area (Å²) in [4.78, 5) is 14.9. The van der Waals surface area contributed by atoms with E-state index < -0.39 is 0 Å². The Morgan fingerprint density at radius 2 is 1.53 bits per heavy atom. The Bertz CT molecular complexity index is 704. The van der Waals surface area contributed by atoms with Crippen LogP contribution in [-0.2, 0) is 32.7 Å². The third kappa shape index (κ3) is 3.52. The molecular formula is C16H18NOY-. The molecule has 3 heteroatoms. The van der Waals surface area contributed by atoms with Gasteiger partial charge in [0, 0.05) is 38.9 Å². The molecule has 0 aliphatic rings. The van der Waals surface area contributed by atoms with E-state index in [-0.39, 0.29) is 45.6 Å². The largest absolute Gasteiger partial charge is 0.361 e. The number of pyridine rings is 1. The van der Waals surface area contributed by atoms with Crippen LogP contribution in [0.5, 0.6) is 0 Å². The van der Waals surface area contributed by atoms with Gasteiger partial charge in [-0.3, -0.25) is 4.79 Å². The molecule has 1 N–H and O–H groups in total. The maximum atomic E-state index is 11.8. The van der Waals surface area contributed by atoms with E-state index in [0.29, 0.717) is 0 Å². The average molecular weight is 329 g/mol. The maximum Gasteiger partial charge on any atom is 0.188 e. The summed E-state index contributed by atoms with van der Waals surface area (Å²) in [6.45, 7) is 4.00. The first-order valence-electron chi connectivity index (χ1n) is 5.85. The first kappa shape index (κ1) is 18.0. The molecule has 3 aromatic rings. The first-order chi connectivity index (χ1) is 8.36. The van der Waals surface area contributed by atoms with Crippen molar-refractivity contribution in [2.45, 2.75) is 13.8 Å². The van der Waals surface area contributed by atoms with Crippen LogP contribution in [0.3, 0.4) is 0 Å².